The fraction of sp³-hybridized carbons (Fsp3) is 0.500. The van der Waals surface area contributed by atoms with Crippen molar-refractivity contribution in [3.8, 4) is 11.4 Å². The van der Waals surface area contributed by atoms with E-state index in [4.69, 9.17) is 0 Å². The number of carboxylic acids is 1. The molecule has 0 saturated carbocycles. The highest BCUT2D eigenvalue weighted by Gasteiger charge is 2.22. The van der Waals surface area contributed by atoms with Gasteiger partial charge in [-0.1, -0.05) is 19.1 Å². The highest BCUT2D eigenvalue weighted by atomic mass is 16.4. The number of nitrogens with zero attached hydrogens (tertiary/aromatic N) is 5. The van der Waals surface area contributed by atoms with Crippen molar-refractivity contribution in [3.05, 3.63) is 18.2 Å². The van der Waals surface area contributed by atoms with Gasteiger partial charge in [0.05, 0.1) is 18.2 Å². The lowest BCUT2D eigenvalue weighted by atomic mass is 10.1. The van der Waals surface area contributed by atoms with Crippen molar-refractivity contribution in [3.63, 3.8) is 0 Å². The van der Waals surface area contributed by atoms with E-state index < -0.39 is 5.97 Å². The molecule has 0 aromatic carbocycles. The molecule has 2 rings (SSSR count). The van der Waals surface area contributed by atoms with Gasteiger partial charge in [0.1, 0.15) is 5.69 Å². The highest BCUT2D eigenvalue weighted by Crippen LogP contribution is 2.22. The van der Waals surface area contributed by atoms with Crippen molar-refractivity contribution < 1.29 is 9.90 Å². The first-order chi connectivity index (χ1) is 9.00. The second kappa shape index (κ2) is 5.21. The van der Waals surface area contributed by atoms with E-state index in [2.05, 4.69) is 29.1 Å². The molecule has 0 spiro atoms. The molecule has 2 aromatic rings. The highest BCUT2D eigenvalue weighted by molar-refractivity contribution is 5.92. The predicted molar refractivity (Wildman–Crippen MR) is 68.6 cm³/mol. The molecule has 0 aliphatic carbocycles. The molecule has 0 aliphatic heterocycles. The van der Waals surface area contributed by atoms with E-state index in [9.17, 15) is 9.90 Å². The third-order valence-electron chi connectivity index (χ3n) is 2.92. The van der Waals surface area contributed by atoms with Gasteiger partial charge in [-0.05, 0) is 12.3 Å². The molecule has 0 atom stereocenters. The van der Waals surface area contributed by atoms with E-state index in [0.717, 1.165) is 6.42 Å². The van der Waals surface area contributed by atoms with Gasteiger partial charge in [-0.2, -0.15) is 0 Å². The monoisotopic (exact) mass is 263 g/mol. The minimum absolute atomic E-state index is 0.0349. The zero-order chi connectivity index (χ0) is 14.0. The maximum absolute atomic E-state index is 11.2. The molecule has 0 aliphatic rings. The lowest BCUT2D eigenvalue weighted by molar-refractivity contribution is 0.0691. The Labute approximate surface area is 110 Å². The third-order valence-corrected chi connectivity index (χ3v) is 2.92. The molecule has 7 heteroatoms. The molecule has 2 aromatic heterocycles. The summed E-state index contributed by atoms with van der Waals surface area (Å²) in [5, 5.41) is 16.9. The van der Waals surface area contributed by atoms with Crippen LogP contribution in [0.25, 0.3) is 11.4 Å². The number of aromatic carboxylic acids is 1. The van der Waals surface area contributed by atoms with Crippen LogP contribution in [0.4, 0.5) is 0 Å². The molecule has 0 saturated heterocycles. The van der Waals surface area contributed by atoms with Crippen molar-refractivity contribution in [1.29, 1.82) is 0 Å². The molecular weight excluding hydrogens is 246 g/mol. The van der Waals surface area contributed by atoms with Crippen molar-refractivity contribution in [2.24, 2.45) is 13.0 Å². The Kier molecular flexibility index (Phi) is 3.64. The Balaban J connectivity index is 2.45. The number of aromatic nitrogens is 5. The Bertz CT molecular complexity index is 585. The normalized spacial score (nSPS) is 11.2. The zero-order valence-corrected chi connectivity index (χ0v) is 11.2. The minimum atomic E-state index is -1.08. The van der Waals surface area contributed by atoms with E-state index in [-0.39, 0.29) is 5.69 Å². The molecule has 0 amide bonds. The van der Waals surface area contributed by atoms with E-state index in [1.807, 2.05) is 7.05 Å². The summed E-state index contributed by atoms with van der Waals surface area (Å²) in [5.74, 6) is -0.566. The number of rotatable bonds is 5. The molecule has 0 bridgehead atoms. The van der Waals surface area contributed by atoms with E-state index in [0.29, 0.717) is 23.9 Å². The van der Waals surface area contributed by atoms with Crippen LogP contribution in [0.1, 0.15) is 30.8 Å². The van der Waals surface area contributed by atoms with Crippen molar-refractivity contribution >= 4 is 5.97 Å². The smallest absolute Gasteiger partial charge is 0.358 e. The predicted octanol–water partition coefficient (Wildman–Crippen LogP) is 1.42. The average Bonchev–Trinajstić information content (AvgIpc) is 2.91. The van der Waals surface area contributed by atoms with Crippen LogP contribution in [0, 0.1) is 5.92 Å². The largest absolute Gasteiger partial charge is 0.476 e. The first-order valence-corrected chi connectivity index (χ1v) is 6.14. The van der Waals surface area contributed by atoms with Crippen LogP contribution in [0.3, 0.4) is 0 Å². The second-order valence-electron chi connectivity index (χ2n) is 4.89. The van der Waals surface area contributed by atoms with Crippen LogP contribution >= 0.6 is 0 Å². The third kappa shape index (κ3) is 2.64. The molecule has 102 valence electrons. The summed E-state index contributed by atoms with van der Waals surface area (Å²) in [6.45, 7) is 4.86. The van der Waals surface area contributed by atoms with Gasteiger partial charge in [-0.3, -0.25) is 0 Å². The quantitative estimate of drug-likeness (QED) is 0.881. The first-order valence-electron chi connectivity index (χ1n) is 6.14. The van der Waals surface area contributed by atoms with Crippen LogP contribution in [0.5, 0.6) is 0 Å². The standard InChI is InChI=1S/C12H17N5O2/c1-8(2)4-5-17-11(9-6-13-7-16(9)3)10(12(18)19)14-15-17/h6-8H,4-5H2,1-3H3,(H,18,19). The lowest BCUT2D eigenvalue weighted by Gasteiger charge is -2.09. The fourth-order valence-corrected chi connectivity index (χ4v) is 1.83. The van der Waals surface area contributed by atoms with Crippen LogP contribution < -0.4 is 0 Å². The molecule has 2 heterocycles. The molecule has 7 nitrogen and oxygen atoms in total. The lowest BCUT2D eigenvalue weighted by Crippen LogP contribution is -2.08. The van der Waals surface area contributed by atoms with Crippen molar-refractivity contribution in [1.82, 2.24) is 24.5 Å². The zero-order valence-electron chi connectivity index (χ0n) is 11.2. The number of hydrogen-bond acceptors (Lipinski definition) is 4. The van der Waals surface area contributed by atoms with Gasteiger partial charge in [-0.15, -0.1) is 5.10 Å². The van der Waals surface area contributed by atoms with Crippen molar-refractivity contribution in [2.75, 3.05) is 0 Å². The number of carbonyl (C=O) groups is 1. The molecule has 0 fully saturated rings. The summed E-state index contributed by atoms with van der Waals surface area (Å²) in [6, 6.07) is 0. The molecule has 0 radical (unpaired) electrons. The minimum Gasteiger partial charge on any atom is -0.476 e. The summed E-state index contributed by atoms with van der Waals surface area (Å²) in [5.41, 5.74) is 1.17. The summed E-state index contributed by atoms with van der Waals surface area (Å²) in [6.07, 6.45) is 4.16. The summed E-state index contributed by atoms with van der Waals surface area (Å²) in [7, 11) is 1.81. The average molecular weight is 263 g/mol. The van der Waals surface area contributed by atoms with Gasteiger partial charge in [0, 0.05) is 13.6 Å². The van der Waals surface area contributed by atoms with E-state index >= 15 is 0 Å². The maximum Gasteiger partial charge on any atom is 0.358 e. The van der Waals surface area contributed by atoms with Crippen LogP contribution in [0.2, 0.25) is 0 Å². The summed E-state index contributed by atoms with van der Waals surface area (Å²) >= 11 is 0. The van der Waals surface area contributed by atoms with Crippen LogP contribution in [-0.2, 0) is 13.6 Å². The van der Waals surface area contributed by atoms with Gasteiger partial charge >= 0.3 is 5.97 Å². The Morgan fingerprint density at radius 3 is 2.74 bits per heavy atom. The summed E-state index contributed by atoms with van der Waals surface area (Å²) in [4.78, 5) is 15.2. The summed E-state index contributed by atoms with van der Waals surface area (Å²) < 4.78 is 3.40. The van der Waals surface area contributed by atoms with Gasteiger partial charge in [0.15, 0.2) is 5.69 Å². The Hall–Kier alpha value is -2.18. The molecule has 19 heavy (non-hydrogen) atoms. The van der Waals surface area contributed by atoms with Gasteiger partial charge in [0.25, 0.3) is 0 Å². The number of carboxylic acid groups (broad SMARTS) is 1. The first kappa shape index (κ1) is 13.3. The van der Waals surface area contributed by atoms with Crippen LogP contribution in [0.15, 0.2) is 12.5 Å². The van der Waals surface area contributed by atoms with E-state index in [1.54, 1.807) is 21.8 Å². The van der Waals surface area contributed by atoms with Crippen molar-refractivity contribution in [2.45, 2.75) is 26.8 Å². The number of imidazole rings is 1. The van der Waals surface area contributed by atoms with Gasteiger partial charge in [0.2, 0.25) is 0 Å². The van der Waals surface area contributed by atoms with E-state index in [1.165, 1.54) is 0 Å². The number of hydrogen-bond donors (Lipinski definition) is 1. The molecule has 1 N–H and O–H groups in total. The number of aryl methyl sites for hydroxylation is 2. The van der Waals surface area contributed by atoms with Gasteiger partial charge in [-0.25, -0.2) is 14.5 Å². The van der Waals surface area contributed by atoms with Crippen LogP contribution in [-0.4, -0.2) is 35.6 Å². The Morgan fingerprint density at radius 2 is 2.21 bits per heavy atom. The van der Waals surface area contributed by atoms with Gasteiger partial charge < -0.3 is 9.67 Å². The Morgan fingerprint density at radius 1 is 1.47 bits per heavy atom. The molecule has 0 unspecified atom stereocenters. The fourth-order valence-electron chi connectivity index (χ4n) is 1.83. The second-order valence-corrected chi connectivity index (χ2v) is 4.89. The SMILES string of the molecule is CC(C)CCn1nnc(C(=O)O)c1-c1cncn1C. The molecular formula is C12H17N5O2. The maximum atomic E-state index is 11.2. The topological polar surface area (TPSA) is 85.8 Å².